The van der Waals surface area contributed by atoms with Crippen LogP contribution in [0, 0.1) is 11.5 Å². The summed E-state index contributed by atoms with van der Waals surface area (Å²) in [6.45, 7) is 10.3. The summed E-state index contributed by atoms with van der Waals surface area (Å²) in [5, 5.41) is 0. The SMILES string of the molecule is C=CCC#C[Si](C)(C)C. The zero-order valence-electron chi connectivity index (χ0n) is 6.49. The van der Waals surface area contributed by atoms with Gasteiger partial charge in [-0.2, -0.15) is 0 Å². The van der Waals surface area contributed by atoms with Crippen LogP contribution in [0.1, 0.15) is 6.42 Å². The molecule has 0 bridgehead atoms. The Kier molecular flexibility index (Phi) is 3.34. The van der Waals surface area contributed by atoms with Crippen LogP contribution in [0.3, 0.4) is 0 Å². The van der Waals surface area contributed by atoms with Crippen LogP contribution in [0.2, 0.25) is 19.6 Å². The Morgan fingerprint density at radius 2 is 2.00 bits per heavy atom. The zero-order valence-corrected chi connectivity index (χ0v) is 7.49. The number of hydrogen-bond acceptors (Lipinski definition) is 0. The molecule has 0 unspecified atom stereocenters. The average molecular weight is 138 g/mol. The molecular weight excluding hydrogens is 124 g/mol. The summed E-state index contributed by atoms with van der Waals surface area (Å²) >= 11 is 0. The van der Waals surface area contributed by atoms with Crippen molar-refractivity contribution in [1.29, 1.82) is 0 Å². The maximum atomic E-state index is 3.59. The van der Waals surface area contributed by atoms with Gasteiger partial charge in [0.1, 0.15) is 8.07 Å². The van der Waals surface area contributed by atoms with Gasteiger partial charge >= 0.3 is 0 Å². The lowest BCUT2D eigenvalue weighted by atomic mass is 10.5. The minimum Gasteiger partial charge on any atom is -0.132 e. The lowest BCUT2D eigenvalue weighted by Gasteiger charge is -2.02. The fourth-order valence-corrected chi connectivity index (χ4v) is 1.02. The number of rotatable bonds is 1. The normalized spacial score (nSPS) is 9.67. The molecule has 9 heavy (non-hydrogen) atoms. The third kappa shape index (κ3) is 7.52. The van der Waals surface area contributed by atoms with E-state index < -0.39 is 8.07 Å². The second kappa shape index (κ2) is 3.52. The maximum absolute atomic E-state index is 3.59. The van der Waals surface area contributed by atoms with E-state index in [1.165, 1.54) is 0 Å². The van der Waals surface area contributed by atoms with Gasteiger partial charge in [0.2, 0.25) is 0 Å². The number of hydrogen-bond donors (Lipinski definition) is 0. The first-order valence-corrected chi connectivity index (χ1v) is 6.67. The molecular formula is C8H14Si. The molecule has 0 aromatic heterocycles. The molecule has 0 amide bonds. The minimum absolute atomic E-state index is 0.838. The second-order valence-electron chi connectivity index (χ2n) is 3.04. The molecule has 0 aliphatic rings. The van der Waals surface area contributed by atoms with Crippen LogP contribution >= 0.6 is 0 Å². The molecule has 0 nitrogen and oxygen atoms in total. The molecule has 0 aliphatic carbocycles. The van der Waals surface area contributed by atoms with Crippen molar-refractivity contribution in [3.8, 4) is 11.5 Å². The standard InChI is InChI=1S/C8H14Si/c1-5-6-7-8-9(2,3)4/h5H,1,6H2,2-4H3. The molecule has 0 aromatic carbocycles. The van der Waals surface area contributed by atoms with E-state index in [1.54, 1.807) is 0 Å². The van der Waals surface area contributed by atoms with E-state index in [1.807, 2.05) is 6.08 Å². The highest BCUT2D eigenvalue weighted by Crippen LogP contribution is 1.96. The molecule has 0 aliphatic heterocycles. The average Bonchev–Trinajstić information content (AvgIpc) is 1.63. The predicted octanol–water partition coefficient (Wildman–Crippen LogP) is 2.44. The molecule has 0 atom stereocenters. The molecule has 1 heteroatoms. The van der Waals surface area contributed by atoms with E-state index in [9.17, 15) is 0 Å². The van der Waals surface area contributed by atoms with E-state index in [2.05, 4.69) is 37.7 Å². The summed E-state index contributed by atoms with van der Waals surface area (Å²) in [6, 6.07) is 0. The van der Waals surface area contributed by atoms with Gasteiger partial charge in [-0.1, -0.05) is 25.7 Å². The van der Waals surface area contributed by atoms with Crippen molar-refractivity contribution in [1.82, 2.24) is 0 Å². The molecule has 0 N–H and O–H groups in total. The molecule has 0 rings (SSSR count). The van der Waals surface area contributed by atoms with Crippen molar-refractivity contribution < 1.29 is 0 Å². The van der Waals surface area contributed by atoms with E-state index in [0.29, 0.717) is 0 Å². The van der Waals surface area contributed by atoms with Gasteiger partial charge in [-0.05, 0) is 0 Å². The third-order valence-electron chi connectivity index (χ3n) is 0.710. The van der Waals surface area contributed by atoms with E-state index >= 15 is 0 Å². The fourth-order valence-electron chi connectivity index (χ4n) is 0.388. The van der Waals surface area contributed by atoms with Crippen LogP contribution in [-0.4, -0.2) is 8.07 Å². The predicted molar refractivity (Wildman–Crippen MR) is 45.9 cm³/mol. The van der Waals surface area contributed by atoms with E-state index in [0.717, 1.165) is 6.42 Å². The Labute approximate surface area is 59.0 Å². The summed E-state index contributed by atoms with van der Waals surface area (Å²) in [4.78, 5) is 0. The summed E-state index contributed by atoms with van der Waals surface area (Å²) < 4.78 is 0. The van der Waals surface area contributed by atoms with Crippen LogP contribution in [-0.2, 0) is 0 Å². The van der Waals surface area contributed by atoms with Crippen LogP contribution in [0.4, 0.5) is 0 Å². The second-order valence-corrected chi connectivity index (χ2v) is 7.79. The van der Waals surface area contributed by atoms with Gasteiger partial charge in [-0.15, -0.1) is 18.0 Å². The van der Waals surface area contributed by atoms with Crippen LogP contribution in [0.15, 0.2) is 12.7 Å². The molecule has 0 spiro atoms. The van der Waals surface area contributed by atoms with Crippen molar-refractivity contribution in [3.63, 3.8) is 0 Å². The van der Waals surface area contributed by atoms with E-state index in [4.69, 9.17) is 0 Å². The number of allylic oxidation sites excluding steroid dienone is 1. The van der Waals surface area contributed by atoms with Gasteiger partial charge in [0.05, 0.1) is 0 Å². The zero-order chi connectivity index (χ0) is 7.33. The maximum Gasteiger partial charge on any atom is 0.129 e. The summed E-state index contributed by atoms with van der Waals surface area (Å²) in [5.74, 6) is 3.07. The third-order valence-corrected chi connectivity index (χ3v) is 1.64. The summed E-state index contributed by atoms with van der Waals surface area (Å²) in [6.07, 6.45) is 2.68. The Morgan fingerprint density at radius 1 is 1.44 bits per heavy atom. The van der Waals surface area contributed by atoms with Crippen LogP contribution in [0.5, 0.6) is 0 Å². The van der Waals surface area contributed by atoms with Crippen molar-refractivity contribution in [3.05, 3.63) is 12.7 Å². The molecule has 0 fully saturated rings. The van der Waals surface area contributed by atoms with Crippen molar-refractivity contribution in [2.75, 3.05) is 0 Å². The van der Waals surface area contributed by atoms with Gasteiger partial charge < -0.3 is 0 Å². The smallest absolute Gasteiger partial charge is 0.129 e. The first-order chi connectivity index (χ1) is 4.06. The van der Waals surface area contributed by atoms with Gasteiger partial charge in [-0.25, -0.2) is 0 Å². The lowest BCUT2D eigenvalue weighted by molar-refractivity contribution is 1.49. The fraction of sp³-hybridized carbons (Fsp3) is 0.500. The van der Waals surface area contributed by atoms with Crippen LogP contribution in [0.25, 0.3) is 0 Å². The molecule has 0 saturated carbocycles. The quantitative estimate of drug-likeness (QED) is 0.296. The Morgan fingerprint density at radius 3 is 2.33 bits per heavy atom. The van der Waals surface area contributed by atoms with E-state index in [-0.39, 0.29) is 0 Å². The Bertz CT molecular complexity index is 140. The highest BCUT2D eigenvalue weighted by Gasteiger charge is 2.06. The van der Waals surface area contributed by atoms with Crippen molar-refractivity contribution >= 4 is 8.07 Å². The molecule has 0 radical (unpaired) electrons. The van der Waals surface area contributed by atoms with Crippen molar-refractivity contribution in [2.45, 2.75) is 26.1 Å². The molecule has 0 heterocycles. The van der Waals surface area contributed by atoms with Crippen molar-refractivity contribution in [2.24, 2.45) is 0 Å². The lowest BCUT2D eigenvalue weighted by Crippen LogP contribution is -2.16. The van der Waals surface area contributed by atoms with Gasteiger partial charge in [0.15, 0.2) is 0 Å². The first kappa shape index (κ1) is 8.52. The van der Waals surface area contributed by atoms with Gasteiger partial charge in [-0.3, -0.25) is 0 Å². The molecule has 50 valence electrons. The highest BCUT2D eigenvalue weighted by atomic mass is 28.3. The highest BCUT2D eigenvalue weighted by molar-refractivity contribution is 6.83. The monoisotopic (exact) mass is 138 g/mol. The Balaban J connectivity index is 3.72. The minimum atomic E-state index is -1.10. The largest absolute Gasteiger partial charge is 0.132 e. The summed E-state index contributed by atoms with van der Waals surface area (Å²) in [7, 11) is -1.10. The van der Waals surface area contributed by atoms with Crippen LogP contribution < -0.4 is 0 Å². The Hall–Kier alpha value is -0.483. The first-order valence-electron chi connectivity index (χ1n) is 3.17. The van der Waals surface area contributed by atoms with Gasteiger partial charge in [0, 0.05) is 6.42 Å². The summed E-state index contributed by atoms with van der Waals surface area (Å²) in [5.41, 5.74) is 3.24. The molecule has 0 aromatic rings. The molecule has 0 saturated heterocycles. The van der Waals surface area contributed by atoms with Gasteiger partial charge in [0.25, 0.3) is 0 Å². The topological polar surface area (TPSA) is 0 Å².